The molecular weight excluding hydrogens is 296 g/mol. The van der Waals surface area contributed by atoms with Crippen molar-refractivity contribution < 1.29 is 18.8 Å². The number of carbonyl (C=O) groups is 1. The zero-order valence-electron chi connectivity index (χ0n) is 13.4. The van der Waals surface area contributed by atoms with E-state index in [0.29, 0.717) is 11.3 Å². The number of hydrogen-bond acceptors (Lipinski definition) is 4. The Labute approximate surface area is 134 Å². The summed E-state index contributed by atoms with van der Waals surface area (Å²) >= 11 is 0. The van der Waals surface area contributed by atoms with Crippen LogP contribution in [0.15, 0.2) is 33.5 Å². The van der Waals surface area contributed by atoms with Crippen molar-refractivity contribution in [2.24, 2.45) is 0 Å². The molecule has 6 nitrogen and oxygen atoms in total. The highest BCUT2D eigenvalue weighted by molar-refractivity contribution is 5.81. The van der Waals surface area contributed by atoms with Gasteiger partial charge in [-0.05, 0) is 24.6 Å². The first kappa shape index (κ1) is 15.6. The Morgan fingerprint density at radius 2 is 2.04 bits per heavy atom. The van der Waals surface area contributed by atoms with Crippen LogP contribution in [0.2, 0.25) is 0 Å². The van der Waals surface area contributed by atoms with Gasteiger partial charge in [-0.1, -0.05) is 0 Å². The molecule has 0 radical (unpaired) electrons. The van der Waals surface area contributed by atoms with Gasteiger partial charge in [0.15, 0.2) is 6.61 Å². The molecule has 0 spiro atoms. The van der Waals surface area contributed by atoms with Gasteiger partial charge in [0.2, 0.25) is 0 Å². The van der Waals surface area contributed by atoms with Crippen LogP contribution in [0.4, 0.5) is 0 Å². The fourth-order valence-corrected chi connectivity index (χ4v) is 2.77. The first-order valence-electron chi connectivity index (χ1n) is 7.79. The number of aryl methyl sites for hydroxylation is 1. The van der Waals surface area contributed by atoms with Gasteiger partial charge in [-0.25, -0.2) is 4.79 Å². The number of piperazine rings is 1. The van der Waals surface area contributed by atoms with E-state index < -0.39 is 0 Å². The lowest BCUT2D eigenvalue weighted by molar-refractivity contribution is -0.883. The topological polar surface area (TPSA) is 64.2 Å². The SMILES string of the molecule is Cc1cc(=O)oc2cc(OCC(=O)N3CC[NH+](C)CC3)ccc12. The lowest BCUT2D eigenvalue weighted by atomic mass is 10.1. The van der Waals surface area contributed by atoms with Crippen LogP contribution in [0.1, 0.15) is 5.56 Å². The summed E-state index contributed by atoms with van der Waals surface area (Å²) in [5.74, 6) is 0.516. The normalized spacial score (nSPS) is 15.8. The Balaban J connectivity index is 1.67. The third-order valence-corrected chi connectivity index (χ3v) is 4.25. The second-order valence-corrected chi connectivity index (χ2v) is 6.03. The molecule has 0 aliphatic carbocycles. The van der Waals surface area contributed by atoms with E-state index in [2.05, 4.69) is 7.05 Å². The number of benzene rings is 1. The zero-order valence-corrected chi connectivity index (χ0v) is 13.4. The molecule has 1 N–H and O–H groups in total. The highest BCUT2D eigenvalue weighted by atomic mass is 16.5. The molecule has 1 fully saturated rings. The Kier molecular flexibility index (Phi) is 4.34. The zero-order chi connectivity index (χ0) is 16.4. The van der Waals surface area contributed by atoms with Crippen molar-refractivity contribution in [1.82, 2.24) is 4.90 Å². The van der Waals surface area contributed by atoms with E-state index >= 15 is 0 Å². The summed E-state index contributed by atoms with van der Waals surface area (Å²) in [5, 5.41) is 0.866. The minimum Gasteiger partial charge on any atom is -0.484 e. The van der Waals surface area contributed by atoms with Crippen molar-refractivity contribution >= 4 is 16.9 Å². The van der Waals surface area contributed by atoms with Gasteiger partial charge in [0.05, 0.1) is 33.2 Å². The Hall–Kier alpha value is -2.34. The molecule has 0 unspecified atom stereocenters. The number of ether oxygens (including phenoxy) is 1. The number of carbonyl (C=O) groups excluding carboxylic acids is 1. The lowest BCUT2D eigenvalue weighted by Crippen LogP contribution is -3.12. The molecule has 3 rings (SSSR count). The first-order valence-corrected chi connectivity index (χ1v) is 7.79. The average Bonchev–Trinajstić information content (AvgIpc) is 2.52. The summed E-state index contributed by atoms with van der Waals surface area (Å²) in [6.07, 6.45) is 0. The standard InChI is InChI=1S/C17H20N2O4/c1-12-9-17(21)23-15-10-13(3-4-14(12)15)22-11-16(20)19-7-5-18(2)6-8-19/h3-4,9-10H,5-8,11H2,1-2H3/p+1. The Morgan fingerprint density at radius 3 is 2.78 bits per heavy atom. The van der Waals surface area contributed by atoms with Crippen molar-refractivity contribution in [3.05, 3.63) is 40.2 Å². The van der Waals surface area contributed by atoms with Crippen LogP contribution >= 0.6 is 0 Å². The summed E-state index contributed by atoms with van der Waals surface area (Å²) in [7, 11) is 2.13. The van der Waals surface area contributed by atoms with Crippen molar-refractivity contribution in [1.29, 1.82) is 0 Å². The van der Waals surface area contributed by atoms with E-state index in [4.69, 9.17) is 9.15 Å². The van der Waals surface area contributed by atoms with Gasteiger partial charge in [-0.2, -0.15) is 0 Å². The van der Waals surface area contributed by atoms with E-state index in [9.17, 15) is 9.59 Å². The van der Waals surface area contributed by atoms with E-state index in [-0.39, 0.29) is 18.1 Å². The minimum absolute atomic E-state index is 0.000597. The van der Waals surface area contributed by atoms with Crippen molar-refractivity contribution in [2.45, 2.75) is 6.92 Å². The Bertz CT molecular complexity index is 776. The highest BCUT2D eigenvalue weighted by Gasteiger charge is 2.21. The number of likely N-dealkylation sites (N-methyl/N-ethyl adjacent to an activating group) is 1. The highest BCUT2D eigenvalue weighted by Crippen LogP contribution is 2.22. The smallest absolute Gasteiger partial charge is 0.336 e. The van der Waals surface area contributed by atoms with E-state index in [1.165, 1.54) is 11.0 Å². The number of hydrogen-bond donors (Lipinski definition) is 1. The van der Waals surface area contributed by atoms with E-state index in [1.54, 1.807) is 12.1 Å². The molecule has 2 heterocycles. The van der Waals surface area contributed by atoms with Gasteiger partial charge in [0, 0.05) is 17.5 Å². The van der Waals surface area contributed by atoms with Crippen LogP contribution in [0.5, 0.6) is 5.75 Å². The van der Waals surface area contributed by atoms with Crippen molar-refractivity contribution in [3.8, 4) is 5.75 Å². The van der Waals surface area contributed by atoms with E-state index in [0.717, 1.165) is 37.1 Å². The maximum absolute atomic E-state index is 12.2. The molecule has 1 aliphatic heterocycles. The molecular formula is C17H21N2O4+. The summed E-state index contributed by atoms with van der Waals surface area (Å²) in [6, 6.07) is 6.75. The molecule has 0 bridgehead atoms. The maximum atomic E-state index is 12.2. The van der Waals surface area contributed by atoms with Crippen LogP contribution in [0.25, 0.3) is 11.0 Å². The van der Waals surface area contributed by atoms with Crippen LogP contribution in [0, 0.1) is 6.92 Å². The number of nitrogens with one attached hydrogen (secondary N) is 1. The fraction of sp³-hybridized carbons (Fsp3) is 0.412. The largest absolute Gasteiger partial charge is 0.484 e. The lowest BCUT2D eigenvalue weighted by Gasteiger charge is -2.29. The van der Waals surface area contributed by atoms with Crippen molar-refractivity contribution in [2.75, 3.05) is 39.8 Å². The molecule has 1 saturated heterocycles. The predicted molar refractivity (Wildman–Crippen MR) is 85.9 cm³/mol. The quantitative estimate of drug-likeness (QED) is 0.799. The molecule has 1 aromatic heterocycles. The molecule has 1 aromatic carbocycles. The van der Waals surface area contributed by atoms with Crippen LogP contribution in [0.3, 0.4) is 0 Å². The van der Waals surface area contributed by atoms with Gasteiger partial charge in [-0.3, -0.25) is 4.79 Å². The van der Waals surface area contributed by atoms with Gasteiger partial charge in [0.25, 0.3) is 5.91 Å². The summed E-state index contributed by atoms with van der Waals surface area (Å²) in [5.41, 5.74) is 0.949. The maximum Gasteiger partial charge on any atom is 0.336 e. The van der Waals surface area contributed by atoms with Crippen LogP contribution in [-0.2, 0) is 4.79 Å². The summed E-state index contributed by atoms with van der Waals surface area (Å²) in [4.78, 5) is 26.9. The third kappa shape index (κ3) is 3.53. The number of fused-ring (bicyclic) bond motifs is 1. The third-order valence-electron chi connectivity index (χ3n) is 4.25. The second kappa shape index (κ2) is 6.42. The van der Waals surface area contributed by atoms with Gasteiger partial charge >= 0.3 is 5.63 Å². The predicted octanol–water partition coefficient (Wildman–Crippen LogP) is -0.163. The van der Waals surface area contributed by atoms with Crippen LogP contribution in [-0.4, -0.2) is 50.6 Å². The molecule has 6 heteroatoms. The average molecular weight is 317 g/mol. The minimum atomic E-state index is -0.386. The number of nitrogens with zero attached hydrogens (tertiary/aromatic N) is 1. The number of amides is 1. The fourth-order valence-electron chi connectivity index (χ4n) is 2.77. The first-order chi connectivity index (χ1) is 11.0. The van der Waals surface area contributed by atoms with Crippen molar-refractivity contribution in [3.63, 3.8) is 0 Å². The second-order valence-electron chi connectivity index (χ2n) is 6.03. The molecule has 1 aliphatic rings. The molecule has 2 aromatic rings. The van der Waals surface area contributed by atoms with Gasteiger partial charge in [0.1, 0.15) is 11.3 Å². The van der Waals surface area contributed by atoms with Crippen LogP contribution < -0.4 is 15.3 Å². The molecule has 23 heavy (non-hydrogen) atoms. The molecule has 0 saturated carbocycles. The number of quaternary nitrogens is 1. The Morgan fingerprint density at radius 1 is 1.30 bits per heavy atom. The molecule has 122 valence electrons. The van der Waals surface area contributed by atoms with Gasteiger partial charge in [-0.15, -0.1) is 0 Å². The monoisotopic (exact) mass is 317 g/mol. The number of rotatable bonds is 3. The summed E-state index contributed by atoms with van der Waals surface area (Å²) in [6.45, 7) is 5.32. The summed E-state index contributed by atoms with van der Waals surface area (Å²) < 4.78 is 10.8. The van der Waals surface area contributed by atoms with E-state index in [1.807, 2.05) is 17.9 Å². The molecule has 1 amide bonds. The molecule has 0 atom stereocenters. The van der Waals surface area contributed by atoms with Gasteiger partial charge < -0.3 is 19.0 Å².